The van der Waals surface area contributed by atoms with Crippen LogP contribution in [0.2, 0.25) is 5.02 Å². The van der Waals surface area contributed by atoms with Gasteiger partial charge in [0.05, 0.1) is 18.8 Å². The third kappa shape index (κ3) is 4.99. The molecule has 0 aliphatic rings. The van der Waals surface area contributed by atoms with Gasteiger partial charge in [-0.15, -0.1) is 0 Å². The molecule has 0 aliphatic carbocycles. The molecule has 2 rings (SSSR count). The summed E-state index contributed by atoms with van der Waals surface area (Å²) in [5.41, 5.74) is 0.990. The van der Waals surface area contributed by atoms with Gasteiger partial charge in [-0.2, -0.15) is 5.10 Å². The minimum atomic E-state index is -0.0310. The van der Waals surface area contributed by atoms with Crippen LogP contribution in [-0.2, 0) is 4.79 Å². The van der Waals surface area contributed by atoms with Crippen LogP contribution >= 0.6 is 11.6 Å². The largest absolute Gasteiger partial charge is 0.493 e. The van der Waals surface area contributed by atoms with Gasteiger partial charge in [-0.25, -0.2) is 4.68 Å². The van der Waals surface area contributed by atoms with Gasteiger partial charge in [0.2, 0.25) is 5.91 Å². The number of hydrogen-bond acceptors (Lipinski definition) is 3. The number of anilines is 1. The third-order valence-electron chi connectivity index (χ3n) is 3.89. The zero-order valence-corrected chi connectivity index (χ0v) is 15.1. The number of nitrogens with zero attached hydrogens (tertiary/aromatic N) is 2. The van der Waals surface area contributed by atoms with Crippen LogP contribution in [0.1, 0.15) is 44.7 Å². The zero-order chi connectivity index (χ0) is 17.5. The number of rotatable bonds is 8. The van der Waals surface area contributed by atoms with Crippen molar-refractivity contribution in [1.82, 2.24) is 9.78 Å². The van der Waals surface area contributed by atoms with E-state index < -0.39 is 0 Å². The number of ether oxygens (including phenoxy) is 1. The molecule has 1 aromatic carbocycles. The molecule has 0 bridgehead atoms. The molecule has 1 N–H and O–H groups in total. The molecule has 130 valence electrons. The van der Waals surface area contributed by atoms with Crippen LogP contribution in [0.4, 0.5) is 5.82 Å². The number of carbonyl (C=O) groups is 1. The van der Waals surface area contributed by atoms with E-state index in [0.717, 1.165) is 23.6 Å². The monoisotopic (exact) mass is 349 g/mol. The molecule has 1 atom stereocenters. The summed E-state index contributed by atoms with van der Waals surface area (Å²) < 4.78 is 7.54. The first-order chi connectivity index (χ1) is 11.5. The second-order valence-electron chi connectivity index (χ2n) is 5.83. The molecule has 2 aromatic rings. The van der Waals surface area contributed by atoms with Crippen LogP contribution < -0.4 is 10.1 Å². The van der Waals surface area contributed by atoms with Gasteiger partial charge in [0.15, 0.2) is 0 Å². The van der Waals surface area contributed by atoms with Crippen molar-refractivity contribution in [2.45, 2.75) is 46.1 Å². The highest BCUT2D eigenvalue weighted by Gasteiger charge is 2.11. The second-order valence-corrected chi connectivity index (χ2v) is 6.26. The van der Waals surface area contributed by atoms with Crippen molar-refractivity contribution in [2.24, 2.45) is 0 Å². The number of aryl methyl sites for hydroxylation is 1. The molecule has 0 aliphatic heterocycles. The van der Waals surface area contributed by atoms with E-state index in [1.165, 1.54) is 0 Å². The number of hydrogen-bond donors (Lipinski definition) is 1. The van der Waals surface area contributed by atoms with Crippen molar-refractivity contribution >= 4 is 23.3 Å². The van der Waals surface area contributed by atoms with E-state index in [1.807, 2.05) is 29.8 Å². The molecule has 0 saturated heterocycles. The highest BCUT2D eigenvalue weighted by atomic mass is 35.5. The molecule has 1 amide bonds. The average Bonchev–Trinajstić information content (AvgIpc) is 3.00. The molecule has 0 radical (unpaired) electrons. The van der Waals surface area contributed by atoms with E-state index in [4.69, 9.17) is 16.3 Å². The van der Waals surface area contributed by atoms with Gasteiger partial charge >= 0.3 is 0 Å². The van der Waals surface area contributed by atoms with Crippen molar-refractivity contribution in [1.29, 1.82) is 0 Å². The van der Waals surface area contributed by atoms with Crippen LogP contribution in [0.5, 0.6) is 5.75 Å². The van der Waals surface area contributed by atoms with Gasteiger partial charge in [-0.05, 0) is 50.5 Å². The molecule has 1 aromatic heterocycles. The van der Waals surface area contributed by atoms with Crippen LogP contribution in [0.25, 0.3) is 0 Å². The van der Waals surface area contributed by atoms with Crippen molar-refractivity contribution in [2.75, 3.05) is 11.9 Å². The van der Waals surface area contributed by atoms with Gasteiger partial charge < -0.3 is 10.1 Å². The fraction of sp³-hybridized carbons (Fsp3) is 0.444. The van der Waals surface area contributed by atoms with Crippen molar-refractivity contribution in [3.05, 3.63) is 41.0 Å². The molecule has 1 heterocycles. The maximum absolute atomic E-state index is 12.1. The Hall–Kier alpha value is -2.01. The van der Waals surface area contributed by atoms with E-state index in [-0.39, 0.29) is 11.9 Å². The van der Waals surface area contributed by atoms with E-state index in [0.29, 0.717) is 24.5 Å². The highest BCUT2D eigenvalue weighted by molar-refractivity contribution is 6.30. The van der Waals surface area contributed by atoms with Gasteiger partial charge in [0.1, 0.15) is 11.6 Å². The van der Waals surface area contributed by atoms with E-state index in [2.05, 4.69) is 24.3 Å². The second kappa shape index (κ2) is 8.73. The summed E-state index contributed by atoms with van der Waals surface area (Å²) in [4.78, 5) is 12.1. The third-order valence-corrected chi connectivity index (χ3v) is 4.12. The molecule has 24 heavy (non-hydrogen) atoms. The van der Waals surface area contributed by atoms with Gasteiger partial charge in [-0.3, -0.25) is 4.79 Å². The Morgan fingerprint density at radius 3 is 2.92 bits per heavy atom. The number of carbonyl (C=O) groups excluding carboxylic acids is 1. The first-order valence-corrected chi connectivity index (χ1v) is 8.61. The lowest BCUT2D eigenvalue weighted by atomic mass is 10.2. The number of aromatic nitrogens is 2. The lowest BCUT2D eigenvalue weighted by molar-refractivity contribution is -0.116. The zero-order valence-electron chi connectivity index (χ0n) is 14.4. The summed E-state index contributed by atoms with van der Waals surface area (Å²) in [6.07, 6.45) is 3.71. The molecule has 0 saturated carbocycles. The van der Waals surface area contributed by atoms with Crippen LogP contribution in [0, 0.1) is 6.92 Å². The lowest BCUT2D eigenvalue weighted by Crippen LogP contribution is -2.17. The fourth-order valence-electron chi connectivity index (χ4n) is 2.33. The van der Waals surface area contributed by atoms with Crippen LogP contribution in [-0.4, -0.2) is 22.3 Å². The first kappa shape index (κ1) is 18.3. The predicted molar refractivity (Wildman–Crippen MR) is 96.8 cm³/mol. The quantitative estimate of drug-likeness (QED) is 0.708. The molecule has 0 spiro atoms. The van der Waals surface area contributed by atoms with Gasteiger partial charge in [0, 0.05) is 17.5 Å². The Labute approximate surface area is 148 Å². The number of nitrogens with one attached hydrogen (secondary N) is 1. The highest BCUT2D eigenvalue weighted by Crippen LogP contribution is 2.22. The Kier molecular flexibility index (Phi) is 6.67. The molecule has 0 unspecified atom stereocenters. The summed E-state index contributed by atoms with van der Waals surface area (Å²) in [5.74, 6) is 1.51. The number of benzene rings is 1. The minimum absolute atomic E-state index is 0.0310. The van der Waals surface area contributed by atoms with Crippen molar-refractivity contribution in [3.8, 4) is 5.75 Å². The first-order valence-electron chi connectivity index (χ1n) is 8.23. The normalized spacial score (nSPS) is 12.0. The molecule has 5 nitrogen and oxygen atoms in total. The maximum atomic E-state index is 12.1. The van der Waals surface area contributed by atoms with E-state index in [9.17, 15) is 4.79 Å². The Balaban J connectivity index is 1.77. The summed E-state index contributed by atoms with van der Waals surface area (Å²) in [6, 6.07) is 7.58. The average molecular weight is 350 g/mol. The number of halogens is 1. The topological polar surface area (TPSA) is 56.2 Å². The number of amides is 1. The molecular weight excluding hydrogens is 326 g/mol. The molecular formula is C18H24ClN3O2. The van der Waals surface area contributed by atoms with Crippen LogP contribution in [0.3, 0.4) is 0 Å². The SMILES string of the molecule is CC[C@H](C)n1nccc1NC(=O)CCCOc1ccc(Cl)cc1C. The van der Waals surface area contributed by atoms with E-state index >= 15 is 0 Å². The van der Waals surface area contributed by atoms with E-state index in [1.54, 1.807) is 12.3 Å². The van der Waals surface area contributed by atoms with Crippen LogP contribution in [0.15, 0.2) is 30.5 Å². The lowest BCUT2D eigenvalue weighted by Gasteiger charge is -2.14. The fourth-order valence-corrected chi connectivity index (χ4v) is 2.56. The smallest absolute Gasteiger partial charge is 0.225 e. The Bertz CT molecular complexity index is 685. The maximum Gasteiger partial charge on any atom is 0.225 e. The summed E-state index contributed by atoms with van der Waals surface area (Å²) >= 11 is 5.92. The molecule has 0 fully saturated rings. The Morgan fingerprint density at radius 1 is 1.42 bits per heavy atom. The standard InChI is InChI=1S/C18H24ClN3O2/c1-4-14(3)22-17(9-10-20-22)21-18(23)6-5-11-24-16-8-7-15(19)12-13(16)2/h7-10,12,14H,4-6,11H2,1-3H3,(H,21,23)/t14-/m0/s1. The summed E-state index contributed by atoms with van der Waals surface area (Å²) in [5, 5.41) is 7.86. The predicted octanol–water partition coefficient (Wildman–Crippen LogP) is 4.61. The van der Waals surface area contributed by atoms with Gasteiger partial charge in [-0.1, -0.05) is 18.5 Å². The Morgan fingerprint density at radius 2 is 2.21 bits per heavy atom. The van der Waals surface area contributed by atoms with Gasteiger partial charge in [0.25, 0.3) is 0 Å². The molecule has 6 heteroatoms. The summed E-state index contributed by atoms with van der Waals surface area (Å²) in [7, 11) is 0. The minimum Gasteiger partial charge on any atom is -0.493 e. The summed E-state index contributed by atoms with van der Waals surface area (Å²) in [6.45, 7) is 6.60. The van der Waals surface area contributed by atoms with Crippen molar-refractivity contribution < 1.29 is 9.53 Å². The van der Waals surface area contributed by atoms with Crippen molar-refractivity contribution in [3.63, 3.8) is 0 Å².